The maximum atomic E-state index is 11.8. The molecule has 0 aromatic carbocycles. The highest BCUT2D eigenvalue weighted by atomic mass is 19.4. The number of alkyl halides is 3. The lowest BCUT2D eigenvalue weighted by Crippen LogP contribution is -2.58. The molecule has 0 aromatic heterocycles. The van der Waals surface area contributed by atoms with Crippen LogP contribution in [0.25, 0.3) is 0 Å². The van der Waals surface area contributed by atoms with Crippen molar-refractivity contribution >= 4 is 5.91 Å². The molecule has 1 rings (SSSR count). The van der Waals surface area contributed by atoms with Gasteiger partial charge in [0.15, 0.2) is 0 Å². The van der Waals surface area contributed by atoms with Crippen LogP contribution < -0.4 is 11.1 Å². The van der Waals surface area contributed by atoms with Gasteiger partial charge in [-0.25, -0.2) is 0 Å². The number of rotatable bonds is 2. The number of nitrogens with two attached hydrogens (primary N) is 1. The third-order valence-electron chi connectivity index (χ3n) is 2.29. The van der Waals surface area contributed by atoms with E-state index in [0.717, 1.165) is 0 Å². The fourth-order valence-corrected chi connectivity index (χ4v) is 1.32. The molecule has 0 atom stereocenters. The molecule has 0 unspecified atom stereocenters. The summed E-state index contributed by atoms with van der Waals surface area (Å²) in [4.78, 5) is 11.4. The fourth-order valence-electron chi connectivity index (χ4n) is 1.32. The van der Waals surface area contributed by atoms with Gasteiger partial charge in [-0.2, -0.15) is 13.2 Å². The topological polar surface area (TPSA) is 64.4 Å². The Morgan fingerprint density at radius 3 is 2.40 bits per heavy atom. The summed E-state index contributed by atoms with van der Waals surface area (Å²) < 4.78 is 40.5. The van der Waals surface area contributed by atoms with Crippen molar-refractivity contribution in [1.82, 2.24) is 5.32 Å². The molecule has 1 amide bonds. The molecule has 0 spiro atoms. The van der Waals surface area contributed by atoms with Gasteiger partial charge in [0.05, 0.1) is 5.54 Å². The van der Waals surface area contributed by atoms with E-state index in [2.05, 4.69) is 0 Å². The Bertz CT molecular complexity index is 237. The van der Waals surface area contributed by atoms with E-state index in [4.69, 9.17) is 10.5 Å². The number of hydrogen-bond donors (Lipinski definition) is 2. The summed E-state index contributed by atoms with van der Waals surface area (Å²) in [7, 11) is 0. The Morgan fingerprint density at radius 2 is 1.93 bits per heavy atom. The van der Waals surface area contributed by atoms with Crippen LogP contribution in [0.15, 0.2) is 0 Å². The van der Waals surface area contributed by atoms with Gasteiger partial charge < -0.3 is 15.8 Å². The Balaban J connectivity index is 2.45. The number of carbonyl (C=O) groups is 1. The largest absolute Gasteiger partial charge is 0.405 e. The van der Waals surface area contributed by atoms with E-state index in [1.165, 1.54) is 0 Å². The van der Waals surface area contributed by atoms with Gasteiger partial charge in [-0.1, -0.05) is 0 Å². The molecule has 4 nitrogen and oxygen atoms in total. The maximum Gasteiger partial charge on any atom is 0.405 e. The van der Waals surface area contributed by atoms with Crippen molar-refractivity contribution in [2.24, 2.45) is 5.73 Å². The van der Waals surface area contributed by atoms with Crippen molar-refractivity contribution in [2.75, 3.05) is 19.8 Å². The molecule has 1 fully saturated rings. The monoisotopic (exact) mass is 226 g/mol. The molecular formula is C8H13F3N2O2. The third-order valence-corrected chi connectivity index (χ3v) is 2.29. The molecule has 0 radical (unpaired) electrons. The Kier molecular flexibility index (Phi) is 3.56. The quantitative estimate of drug-likeness (QED) is 0.705. The highest BCUT2D eigenvalue weighted by Gasteiger charge is 2.38. The van der Waals surface area contributed by atoms with Crippen molar-refractivity contribution in [3.8, 4) is 0 Å². The van der Waals surface area contributed by atoms with Crippen LogP contribution in [-0.4, -0.2) is 37.4 Å². The zero-order chi connectivity index (χ0) is 11.5. The molecule has 0 aliphatic carbocycles. The SMILES string of the molecule is NC1(C(=O)NCC(F)(F)F)CCOCC1. The van der Waals surface area contributed by atoms with Crippen LogP contribution in [0.3, 0.4) is 0 Å². The Hall–Kier alpha value is -0.820. The molecule has 88 valence electrons. The summed E-state index contributed by atoms with van der Waals surface area (Å²) in [5, 5.41) is 1.79. The molecule has 0 saturated carbocycles. The van der Waals surface area contributed by atoms with Gasteiger partial charge in [-0.15, -0.1) is 0 Å². The van der Waals surface area contributed by atoms with Gasteiger partial charge in [0.1, 0.15) is 6.54 Å². The summed E-state index contributed by atoms with van der Waals surface area (Å²) in [6.07, 6.45) is -3.91. The van der Waals surface area contributed by atoms with Gasteiger partial charge in [-0.3, -0.25) is 4.79 Å². The van der Waals surface area contributed by atoms with E-state index in [1.807, 2.05) is 0 Å². The molecular weight excluding hydrogens is 213 g/mol. The molecule has 1 saturated heterocycles. The van der Waals surface area contributed by atoms with Crippen LogP contribution in [0.5, 0.6) is 0 Å². The van der Waals surface area contributed by atoms with E-state index in [1.54, 1.807) is 5.32 Å². The van der Waals surface area contributed by atoms with Crippen molar-refractivity contribution < 1.29 is 22.7 Å². The standard InChI is InChI=1S/C8H13F3N2O2/c9-8(10,11)5-13-6(14)7(12)1-3-15-4-2-7/h1-5,12H2,(H,13,14). The summed E-state index contributed by atoms with van der Waals surface area (Å²) in [6, 6.07) is 0. The van der Waals surface area contributed by atoms with Crippen LogP contribution in [0.4, 0.5) is 13.2 Å². The average Bonchev–Trinajstić information content (AvgIpc) is 2.14. The summed E-state index contributed by atoms with van der Waals surface area (Å²) >= 11 is 0. The number of carbonyl (C=O) groups excluding carboxylic acids is 1. The average molecular weight is 226 g/mol. The third kappa shape index (κ3) is 3.67. The number of amides is 1. The van der Waals surface area contributed by atoms with Crippen LogP contribution in [0.1, 0.15) is 12.8 Å². The zero-order valence-electron chi connectivity index (χ0n) is 8.06. The first-order valence-electron chi connectivity index (χ1n) is 4.55. The molecule has 0 aromatic rings. The summed E-state index contributed by atoms with van der Waals surface area (Å²) in [5.74, 6) is -0.761. The van der Waals surface area contributed by atoms with Gasteiger partial charge in [0.2, 0.25) is 5.91 Å². The van der Waals surface area contributed by atoms with Gasteiger partial charge in [0, 0.05) is 13.2 Å². The van der Waals surface area contributed by atoms with Gasteiger partial charge in [0.25, 0.3) is 0 Å². The predicted octanol–water partition coefficient (Wildman–Crippen LogP) is 0.173. The maximum absolute atomic E-state index is 11.8. The smallest absolute Gasteiger partial charge is 0.381 e. The first kappa shape index (κ1) is 12.3. The second-order valence-corrected chi connectivity index (χ2v) is 3.57. The molecule has 0 bridgehead atoms. The molecule has 1 heterocycles. The van der Waals surface area contributed by atoms with Crippen LogP contribution >= 0.6 is 0 Å². The molecule has 1 aliphatic heterocycles. The van der Waals surface area contributed by atoms with E-state index in [0.29, 0.717) is 13.2 Å². The number of hydrogen-bond acceptors (Lipinski definition) is 3. The first-order chi connectivity index (χ1) is 6.83. The minimum Gasteiger partial charge on any atom is -0.381 e. The van der Waals surface area contributed by atoms with Crippen molar-refractivity contribution in [3.63, 3.8) is 0 Å². The lowest BCUT2D eigenvalue weighted by atomic mass is 9.90. The molecule has 1 aliphatic rings. The first-order valence-corrected chi connectivity index (χ1v) is 4.55. The van der Waals surface area contributed by atoms with E-state index in [-0.39, 0.29) is 12.8 Å². The van der Waals surface area contributed by atoms with E-state index < -0.39 is 24.2 Å². The highest BCUT2D eigenvalue weighted by molar-refractivity contribution is 5.86. The number of nitrogens with one attached hydrogen (secondary N) is 1. The fraction of sp³-hybridized carbons (Fsp3) is 0.875. The van der Waals surface area contributed by atoms with Crippen LogP contribution in [-0.2, 0) is 9.53 Å². The molecule has 3 N–H and O–H groups in total. The number of ether oxygens (including phenoxy) is 1. The minimum absolute atomic E-state index is 0.247. The molecule has 7 heteroatoms. The zero-order valence-corrected chi connectivity index (χ0v) is 8.06. The van der Waals surface area contributed by atoms with Crippen molar-refractivity contribution in [2.45, 2.75) is 24.6 Å². The van der Waals surface area contributed by atoms with Gasteiger partial charge >= 0.3 is 6.18 Å². The highest BCUT2D eigenvalue weighted by Crippen LogP contribution is 2.19. The van der Waals surface area contributed by atoms with E-state index in [9.17, 15) is 18.0 Å². The summed E-state index contributed by atoms with van der Waals surface area (Å²) in [6.45, 7) is -0.739. The second-order valence-electron chi connectivity index (χ2n) is 3.57. The van der Waals surface area contributed by atoms with E-state index >= 15 is 0 Å². The van der Waals surface area contributed by atoms with Crippen molar-refractivity contribution in [3.05, 3.63) is 0 Å². The Morgan fingerprint density at radius 1 is 1.40 bits per heavy atom. The van der Waals surface area contributed by atoms with Gasteiger partial charge in [-0.05, 0) is 12.8 Å². The number of halogens is 3. The summed E-state index contributed by atoms with van der Waals surface area (Å²) in [5.41, 5.74) is 4.45. The van der Waals surface area contributed by atoms with Crippen LogP contribution in [0, 0.1) is 0 Å². The van der Waals surface area contributed by atoms with Crippen molar-refractivity contribution in [1.29, 1.82) is 0 Å². The Labute approximate surface area is 84.9 Å². The lowest BCUT2D eigenvalue weighted by Gasteiger charge is -2.31. The lowest BCUT2D eigenvalue weighted by molar-refractivity contribution is -0.143. The predicted molar refractivity (Wildman–Crippen MR) is 46.0 cm³/mol. The minimum atomic E-state index is -4.41. The second kappa shape index (κ2) is 4.36. The van der Waals surface area contributed by atoms with Crippen LogP contribution in [0.2, 0.25) is 0 Å². The molecule has 15 heavy (non-hydrogen) atoms. The normalized spacial score (nSPS) is 21.1.